The van der Waals surface area contributed by atoms with Crippen LogP contribution < -0.4 is 0 Å². The number of aliphatic carboxylic acids is 1. The fourth-order valence-corrected chi connectivity index (χ4v) is 3.50. The lowest BCUT2D eigenvalue weighted by Crippen LogP contribution is -2.41. The van der Waals surface area contributed by atoms with Gasteiger partial charge in [-0.05, 0) is 54.8 Å². The first kappa shape index (κ1) is 16.9. The van der Waals surface area contributed by atoms with Crippen molar-refractivity contribution in [1.82, 2.24) is 4.90 Å². The lowest BCUT2D eigenvalue weighted by atomic mass is 9.91. The molecule has 2 aromatic carbocycles. The van der Waals surface area contributed by atoms with Crippen molar-refractivity contribution in [3.63, 3.8) is 0 Å². The lowest BCUT2D eigenvalue weighted by Gasteiger charge is -2.37. The topological polar surface area (TPSA) is 40.5 Å². The van der Waals surface area contributed by atoms with Gasteiger partial charge in [-0.25, -0.2) is 4.39 Å². The van der Waals surface area contributed by atoms with Gasteiger partial charge in [0.2, 0.25) is 0 Å². The first-order valence-corrected chi connectivity index (χ1v) is 8.40. The predicted molar refractivity (Wildman–Crippen MR) is 91.6 cm³/mol. The standard InChI is InChI=1S/C19H19ClFNO2/c20-16-8-6-13(7-9-16)18(14-3-1-5-17(21)11-14)22-10-2-4-15(12-22)19(23)24/h1,3,5-9,11,15,18H,2,4,10,12H2,(H,23,24). The Bertz CT molecular complexity index is 720. The van der Waals surface area contributed by atoms with Gasteiger partial charge in [0.15, 0.2) is 0 Å². The number of rotatable bonds is 4. The molecule has 1 saturated heterocycles. The summed E-state index contributed by atoms with van der Waals surface area (Å²) in [6.45, 7) is 1.24. The molecule has 0 aliphatic carbocycles. The van der Waals surface area contributed by atoms with E-state index < -0.39 is 5.97 Å². The van der Waals surface area contributed by atoms with Gasteiger partial charge in [0.25, 0.3) is 0 Å². The minimum atomic E-state index is -0.770. The molecule has 3 rings (SSSR count). The van der Waals surface area contributed by atoms with Gasteiger partial charge in [-0.2, -0.15) is 0 Å². The smallest absolute Gasteiger partial charge is 0.307 e. The monoisotopic (exact) mass is 347 g/mol. The second-order valence-corrected chi connectivity index (χ2v) is 6.62. The third-order valence-electron chi connectivity index (χ3n) is 4.52. The molecule has 0 saturated carbocycles. The Hall–Kier alpha value is -1.91. The summed E-state index contributed by atoms with van der Waals surface area (Å²) in [7, 11) is 0. The van der Waals surface area contributed by atoms with E-state index in [1.165, 1.54) is 12.1 Å². The molecule has 126 valence electrons. The molecule has 1 aliphatic rings. The van der Waals surface area contributed by atoms with E-state index in [-0.39, 0.29) is 17.8 Å². The van der Waals surface area contributed by atoms with Crippen molar-refractivity contribution in [2.45, 2.75) is 18.9 Å². The molecule has 0 radical (unpaired) electrons. The molecule has 1 N–H and O–H groups in total. The lowest BCUT2D eigenvalue weighted by molar-refractivity contribution is -0.143. The molecule has 2 atom stereocenters. The third-order valence-corrected chi connectivity index (χ3v) is 4.77. The summed E-state index contributed by atoms with van der Waals surface area (Å²) in [6, 6.07) is 13.8. The van der Waals surface area contributed by atoms with Crippen LogP contribution in [0, 0.1) is 11.7 Å². The van der Waals surface area contributed by atoms with Crippen LogP contribution in [0.3, 0.4) is 0 Å². The number of carboxylic acid groups (broad SMARTS) is 1. The van der Waals surface area contributed by atoms with Gasteiger partial charge in [-0.15, -0.1) is 0 Å². The van der Waals surface area contributed by atoms with Crippen molar-refractivity contribution in [2.24, 2.45) is 5.92 Å². The number of carbonyl (C=O) groups is 1. The zero-order valence-electron chi connectivity index (χ0n) is 13.2. The van der Waals surface area contributed by atoms with Crippen LogP contribution in [-0.2, 0) is 4.79 Å². The van der Waals surface area contributed by atoms with Gasteiger partial charge in [-0.3, -0.25) is 9.69 Å². The minimum Gasteiger partial charge on any atom is -0.481 e. The quantitative estimate of drug-likeness (QED) is 0.893. The molecule has 2 aromatic rings. The molecule has 2 unspecified atom stereocenters. The van der Waals surface area contributed by atoms with Gasteiger partial charge in [0.05, 0.1) is 12.0 Å². The molecule has 0 amide bonds. The summed E-state index contributed by atoms with van der Waals surface area (Å²) in [4.78, 5) is 13.5. The third kappa shape index (κ3) is 3.77. The van der Waals surface area contributed by atoms with E-state index in [1.807, 2.05) is 30.3 Å². The Labute approximate surface area is 145 Å². The Balaban J connectivity index is 1.98. The molecule has 1 fully saturated rings. The van der Waals surface area contributed by atoms with Crippen LogP contribution in [0.25, 0.3) is 0 Å². The van der Waals surface area contributed by atoms with E-state index in [4.69, 9.17) is 11.6 Å². The molecule has 0 bridgehead atoms. The molecule has 0 aromatic heterocycles. The molecular weight excluding hydrogens is 329 g/mol. The molecule has 5 heteroatoms. The highest BCUT2D eigenvalue weighted by Crippen LogP contribution is 2.33. The Kier molecular flexibility index (Phi) is 5.17. The van der Waals surface area contributed by atoms with Crippen LogP contribution in [0.2, 0.25) is 5.02 Å². The molecule has 1 heterocycles. The number of benzene rings is 2. The molecule has 24 heavy (non-hydrogen) atoms. The average molecular weight is 348 g/mol. The molecule has 0 spiro atoms. The maximum atomic E-state index is 13.7. The Morgan fingerprint density at radius 2 is 1.96 bits per heavy atom. The van der Waals surface area contributed by atoms with Crippen molar-refractivity contribution < 1.29 is 14.3 Å². The number of carboxylic acids is 1. The first-order valence-electron chi connectivity index (χ1n) is 8.02. The van der Waals surface area contributed by atoms with Gasteiger partial charge in [-0.1, -0.05) is 35.9 Å². The normalized spacial score (nSPS) is 19.8. The SMILES string of the molecule is O=C(O)C1CCCN(C(c2ccc(Cl)cc2)c2cccc(F)c2)C1. The number of nitrogens with zero attached hydrogens (tertiary/aromatic N) is 1. The van der Waals surface area contributed by atoms with Gasteiger partial charge < -0.3 is 5.11 Å². The van der Waals surface area contributed by atoms with Crippen LogP contribution in [0.4, 0.5) is 4.39 Å². The first-order chi connectivity index (χ1) is 11.5. The van der Waals surface area contributed by atoms with Crippen LogP contribution in [0.15, 0.2) is 48.5 Å². The average Bonchev–Trinajstić information content (AvgIpc) is 2.57. The van der Waals surface area contributed by atoms with E-state index in [9.17, 15) is 14.3 Å². The number of likely N-dealkylation sites (tertiary alicyclic amines) is 1. The number of hydrogen-bond donors (Lipinski definition) is 1. The molecule has 3 nitrogen and oxygen atoms in total. The molecular formula is C19H19ClFNO2. The Morgan fingerprint density at radius 3 is 2.62 bits per heavy atom. The van der Waals surface area contributed by atoms with Crippen LogP contribution in [0.5, 0.6) is 0 Å². The van der Waals surface area contributed by atoms with E-state index in [0.29, 0.717) is 18.0 Å². The fourth-order valence-electron chi connectivity index (χ4n) is 3.38. The van der Waals surface area contributed by atoms with Gasteiger partial charge >= 0.3 is 5.97 Å². The maximum Gasteiger partial charge on any atom is 0.307 e. The maximum absolute atomic E-state index is 13.7. The number of piperidine rings is 1. The van der Waals surface area contributed by atoms with E-state index in [1.54, 1.807) is 6.07 Å². The summed E-state index contributed by atoms with van der Waals surface area (Å²) < 4.78 is 13.7. The fraction of sp³-hybridized carbons (Fsp3) is 0.316. The zero-order valence-corrected chi connectivity index (χ0v) is 13.9. The van der Waals surface area contributed by atoms with Crippen LogP contribution >= 0.6 is 11.6 Å². The van der Waals surface area contributed by atoms with Crippen molar-refractivity contribution in [1.29, 1.82) is 0 Å². The van der Waals surface area contributed by atoms with E-state index >= 15 is 0 Å². The number of hydrogen-bond acceptors (Lipinski definition) is 2. The van der Waals surface area contributed by atoms with Crippen molar-refractivity contribution in [3.05, 3.63) is 70.5 Å². The summed E-state index contributed by atoms with van der Waals surface area (Å²) in [5, 5.41) is 9.99. The summed E-state index contributed by atoms with van der Waals surface area (Å²) in [5.41, 5.74) is 1.81. The van der Waals surface area contributed by atoms with Crippen molar-refractivity contribution in [2.75, 3.05) is 13.1 Å². The highest BCUT2D eigenvalue weighted by molar-refractivity contribution is 6.30. The van der Waals surface area contributed by atoms with Crippen LogP contribution in [-0.4, -0.2) is 29.1 Å². The van der Waals surface area contributed by atoms with Crippen molar-refractivity contribution in [3.8, 4) is 0 Å². The van der Waals surface area contributed by atoms with E-state index in [2.05, 4.69) is 4.90 Å². The second-order valence-electron chi connectivity index (χ2n) is 6.18. The van der Waals surface area contributed by atoms with Gasteiger partial charge in [0.1, 0.15) is 5.82 Å². The summed E-state index contributed by atoms with van der Waals surface area (Å²) >= 11 is 5.99. The highest BCUT2D eigenvalue weighted by Gasteiger charge is 2.31. The summed E-state index contributed by atoms with van der Waals surface area (Å²) in [6.07, 6.45) is 1.50. The second kappa shape index (κ2) is 7.32. The minimum absolute atomic E-state index is 0.180. The molecule has 1 aliphatic heterocycles. The van der Waals surface area contributed by atoms with E-state index in [0.717, 1.165) is 24.1 Å². The van der Waals surface area contributed by atoms with Crippen LogP contribution in [0.1, 0.15) is 30.0 Å². The number of halogens is 2. The van der Waals surface area contributed by atoms with Gasteiger partial charge in [0, 0.05) is 11.6 Å². The van der Waals surface area contributed by atoms with Crippen molar-refractivity contribution >= 4 is 17.6 Å². The predicted octanol–water partition coefficient (Wildman–Crippen LogP) is 4.37. The zero-order chi connectivity index (χ0) is 17.1. The summed E-state index contributed by atoms with van der Waals surface area (Å²) in [5.74, 6) is -1.45. The Morgan fingerprint density at radius 1 is 1.21 bits per heavy atom. The highest BCUT2D eigenvalue weighted by atomic mass is 35.5. The largest absolute Gasteiger partial charge is 0.481 e.